The lowest BCUT2D eigenvalue weighted by Crippen LogP contribution is -2.36. The van der Waals surface area contributed by atoms with Gasteiger partial charge < -0.3 is 14.5 Å². The number of rotatable bonds is 3. The SMILES string of the molecule is Cc1ccoc1C(C)NC1CCOC1C. The summed E-state index contributed by atoms with van der Waals surface area (Å²) in [6.07, 6.45) is 3.14. The average Bonchev–Trinajstić information content (AvgIpc) is 2.76. The summed E-state index contributed by atoms with van der Waals surface area (Å²) in [6, 6.07) is 2.71. The first kappa shape index (κ1) is 10.7. The van der Waals surface area contributed by atoms with Crippen LogP contribution in [0.3, 0.4) is 0 Å². The van der Waals surface area contributed by atoms with Gasteiger partial charge in [0.1, 0.15) is 5.76 Å². The molecule has 0 spiro atoms. The molecule has 0 aromatic carbocycles. The van der Waals surface area contributed by atoms with Crippen LogP contribution in [0.25, 0.3) is 0 Å². The minimum Gasteiger partial charge on any atom is -0.467 e. The molecule has 1 N–H and O–H groups in total. The highest BCUT2D eigenvalue weighted by Crippen LogP contribution is 2.21. The van der Waals surface area contributed by atoms with Crippen molar-refractivity contribution in [3.8, 4) is 0 Å². The second kappa shape index (κ2) is 4.37. The summed E-state index contributed by atoms with van der Waals surface area (Å²) in [4.78, 5) is 0. The number of hydrogen-bond donors (Lipinski definition) is 1. The van der Waals surface area contributed by atoms with Gasteiger partial charge in [0.2, 0.25) is 0 Å². The molecular formula is C12H19NO2. The van der Waals surface area contributed by atoms with E-state index in [0.29, 0.717) is 12.1 Å². The predicted molar refractivity (Wildman–Crippen MR) is 58.8 cm³/mol. The molecule has 0 saturated carbocycles. The molecule has 1 aromatic rings. The van der Waals surface area contributed by atoms with Crippen LogP contribution in [0.1, 0.15) is 37.6 Å². The normalized spacial score (nSPS) is 28.2. The molecule has 0 aliphatic carbocycles. The Hall–Kier alpha value is -0.800. The fourth-order valence-electron chi connectivity index (χ4n) is 2.18. The van der Waals surface area contributed by atoms with Gasteiger partial charge in [-0.25, -0.2) is 0 Å². The Labute approximate surface area is 90.8 Å². The second-order valence-electron chi connectivity index (χ2n) is 4.33. The molecule has 3 nitrogen and oxygen atoms in total. The van der Waals surface area contributed by atoms with Crippen LogP contribution in [-0.4, -0.2) is 18.8 Å². The summed E-state index contributed by atoms with van der Waals surface area (Å²) in [7, 11) is 0. The van der Waals surface area contributed by atoms with Crippen LogP contribution in [0.5, 0.6) is 0 Å². The van der Waals surface area contributed by atoms with E-state index in [-0.39, 0.29) is 6.04 Å². The number of hydrogen-bond acceptors (Lipinski definition) is 3. The molecule has 15 heavy (non-hydrogen) atoms. The molecule has 2 rings (SSSR count). The van der Waals surface area contributed by atoms with Crippen LogP contribution in [0.4, 0.5) is 0 Å². The molecule has 1 aliphatic heterocycles. The third-order valence-electron chi connectivity index (χ3n) is 3.14. The molecule has 1 fully saturated rings. The zero-order valence-electron chi connectivity index (χ0n) is 9.62. The van der Waals surface area contributed by atoms with Crippen molar-refractivity contribution < 1.29 is 9.15 Å². The fourth-order valence-corrected chi connectivity index (χ4v) is 2.18. The molecule has 0 amide bonds. The zero-order chi connectivity index (χ0) is 10.8. The first-order valence-corrected chi connectivity index (χ1v) is 5.60. The third kappa shape index (κ3) is 2.24. The van der Waals surface area contributed by atoms with Crippen LogP contribution in [0, 0.1) is 6.92 Å². The Balaban J connectivity index is 1.97. The van der Waals surface area contributed by atoms with Crippen molar-refractivity contribution in [2.45, 2.75) is 45.4 Å². The van der Waals surface area contributed by atoms with Crippen LogP contribution >= 0.6 is 0 Å². The Morgan fingerprint density at radius 1 is 1.53 bits per heavy atom. The first-order chi connectivity index (χ1) is 7.18. The summed E-state index contributed by atoms with van der Waals surface area (Å²) in [5, 5.41) is 3.55. The smallest absolute Gasteiger partial charge is 0.123 e. The summed E-state index contributed by atoms with van der Waals surface area (Å²) in [6.45, 7) is 7.19. The average molecular weight is 209 g/mol. The standard InChI is InChI=1S/C12H19NO2/c1-8-4-6-15-12(8)9(2)13-11-5-7-14-10(11)3/h4,6,9-11,13H,5,7H2,1-3H3. The highest BCUT2D eigenvalue weighted by atomic mass is 16.5. The lowest BCUT2D eigenvalue weighted by molar-refractivity contribution is 0.110. The van der Waals surface area contributed by atoms with E-state index in [2.05, 4.69) is 26.1 Å². The lowest BCUT2D eigenvalue weighted by atomic mass is 10.1. The minimum absolute atomic E-state index is 0.258. The third-order valence-corrected chi connectivity index (χ3v) is 3.14. The van der Waals surface area contributed by atoms with Gasteiger partial charge >= 0.3 is 0 Å². The van der Waals surface area contributed by atoms with E-state index in [1.807, 2.05) is 6.07 Å². The molecule has 0 radical (unpaired) electrons. The van der Waals surface area contributed by atoms with Crippen LogP contribution in [0.2, 0.25) is 0 Å². The van der Waals surface area contributed by atoms with E-state index in [1.54, 1.807) is 6.26 Å². The minimum atomic E-state index is 0.258. The molecule has 1 aromatic heterocycles. The molecule has 3 atom stereocenters. The molecule has 3 heteroatoms. The van der Waals surface area contributed by atoms with E-state index < -0.39 is 0 Å². The molecule has 1 saturated heterocycles. The highest BCUT2D eigenvalue weighted by Gasteiger charge is 2.26. The summed E-state index contributed by atoms with van der Waals surface area (Å²) >= 11 is 0. The summed E-state index contributed by atoms with van der Waals surface area (Å²) < 4.78 is 11.0. The van der Waals surface area contributed by atoms with Crippen LogP contribution in [0.15, 0.2) is 16.7 Å². The van der Waals surface area contributed by atoms with Crippen molar-refractivity contribution in [2.24, 2.45) is 0 Å². The van der Waals surface area contributed by atoms with Crippen molar-refractivity contribution in [1.82, 2.24) is 5.32 Å². The first-order valence-electron chi connectivity index (χ1n) is 5.60. The lowest BCUT2D eigenvalue weighted by Gasteiger charge is -2.20. The quantitative estimate of drug-likeness (QED) is 0.830. The Morgan fingerprint density at radius 3 is 2.87 bits per heavy atom. The molecular weight excluding hydrogens is 190 g/mol. The number of furan rings is 1. The van der Waals surface area contributed by atoms with E-state index in [0.717, 1.165) is 18.8 Å². The van der Waals surface area contributed by atoms with Gasteiger partial charge in [-0.05, 0) is 38.8 Å². The van der Waals surface area contributed by atoms with Crippen molar-refractivity contribution in [3.05, 3.63) is 23.7 Å². The maximum atomic E-state index is 5.52. The van der Waals surface area contributed by atoms with Crippen molar-refractivity contribution >= 4 is 0 Å². The number of ether oxygens (including phenoxy) is 1. The van der Waals surface area contributed by atoms with Gasteiger partial charge in [0.05, 0.1) is 18.4 Å². The molecule has 2 heterocycles. The van der Waals surface area contributed by atoms with Crippen molar-refractivity contribution in [1.29, 1.82) is 0 Å². The highest BCUT2D eigenvalue weighted by molar-refractivity contribution is 5.17. The van der Waals surface area contributed by atoms with Gasteiger partial charge in [-0.3, -0.25) is 0 Å². The van der Waals surface area contributed by atoms with E-state index >= 15 is 0 Å². The zero-order valence-corrected chi connectivity index (χ0v) is 9.62. The Kier molecular flexibility index (Phi) is 3.12. The van der Waals surface area contributed by atoms with E-state index in [9.17, 15) is 0 Å². The number of nitrogens with one attached hydrogen (secondary N) is 1. The molecule has 0 bridgehead atoms. The fraction of sp³-hybridized carbons (Fsp3) is 0.667. The maximum Gasteiger partial charge on any atom is 0.123 e. The van der Waals surface area contributed by atoms with Crippen LogP contribution < -0.4 is 5.32 Å². The van der Waals surface area contributed by atoms with E-state index in [1.165, 1.54) is 5.56 Å². The largest absolute Gasteiger partial charge is 0.467 e. The molecule has 84 valence electrons. The summed E-state index contributed by atoms with van der Waals surface area (Å²) in [5.74, 6) is 1.04. The monoisotopic (exact) mass is 209 g/mol. The van der Waals surface area contributed by atoms with E-state index in [4.69, 9.17) is 9.15 Å². The van der Waals surface area contributed by atoms with Gasteiger partial charge in [-0.2, -0.15) is 0 Å². The molecule has 1 aliphatic rings. The van der Waals surface area contributed by atoms with Gasteiger partial charge in [-0.15, -0.1) is 0 Å². The number of aryl methyl sites for hydroxylation is 1. The molecule has 3 unspecified atom stereocenters. The van der Waals surface area contributed by atoms with Crippen molar-refractivity contribution in [3.63, 3.8) is 0 Å². The Bertz CT molecular complexity index is 321. The second-order valence-corrected chi connectivity index (χ2v) is 4.33. The van der Waals surface area contributed by atoms with Gasteiger partial charge in [-0.1, -0.05) is 0 Å². The van der Waals surface area contributed by atoms with Gasteiger partial charge in [0.15, 0.2) is 0 Å². The predicted octanol–water partition coefficient (Wildman–Crippen LogP) is 2.42. The topological polar surface area (TPSA) is 34.4 Å². The summed E-state index contributed by atoms with van der Waals surface area (Å²) in [5.41, 5.74) is 1.21. The van der Waals surface area contributed by atoms with Crippen LogP contribution in [-0.2, 0) is 4.74 Å². The van der Waals surface area contributed by atoms with Gasteiger partial charge in [0.25, 0.3) is 0 Å². The van der Waals surface area contributed by atoms with Crippen molar-refractivity contribution in [2.75, 3.05) is 6.61 Å². The van der Waals surface area contributed by atoms with Gasteiger partial charge in [0, 0.05) is 12.6 Å². The Morgan fingerprint density at radius 2 is 2.33 bits per heavy atom. The maximum absolute atomic E-state index is 5.52.